The summed E-state index contributed by atoms with van der Waals surface area (Å²) in [6.45, 7) is 9.08. The SMILES string of the molecule is CCC1(C)CCCC(C)(C)C1NC(=O)c1ccc(Br)c(S(=O)(=O)N(C)Cc2ccccc2)c1. The van der Waals surface area contributed by atoms with Crippen molar-refractivity contribution in [3.05, 3.63) is 64.1 Å². The summed E-state index contributed by atoms with van der Waals surface area (Å²) in [5.74, 6) is -0.232. The van der Waals surface area contributed by atoms with Crippen molar-refractivity contribution in [3.63, 3.8) is 0 Å². The highest BCUT2D eigenvalue weighted by Gasteiger charge is 2.46. The van der Waals surface area contributed by atoms with Gasteiger partial charge in [0.15, 0.2) is 0 Å². The van der Waals surface area contributed by atoms with Crippen LogP contribution < -0.4 is 5.32 Å². The second-order valence-corrected chi connectivity index (χ2v) is 13.0. The van der Waals surface area contributed by atoms with Gasteiger partial charge in [-0.25, -0.2) is 8.42 Å². The molecule has 2 aromatic carbocycles. The molecule has 0 saturated heterocycles. The Morgan fingerprint density at radius 2 is 1.79 bits per heavy atom. The Hall–Kier alpha value is -1.70. The maximum Gasteiger partial charge on any atom is 0.251 e. The number of rotatable bonds is 7. The minimum atomic E-state index is -3.80. The molecule has 1 fully saturated rings. The highest BCUT2D eigenvalue weighted by molar-refractivity contribution is 9.10. The normalized spacial score (nSPS) is 22.8. The van der Waals surface area contributed by atoms with E-state index in [-0.39, 0.29) is 34.2 Å². The van der Waals surface area contributed by atoms with Crippen LogP contribution in [0.5, 0.6) is 0 Å². The van der Waals surface area contributed by atoms with Crippen LogP contribution in [0.1, 0.15) is 69.3 Å². The zero-order valence-electron chi connectivity index (χ0n) is 20.2. The number of nitrogens with zero attached hydrogens (tertiary/aromatic N) is 1. The van der Waals surface area contributed by atoms with Crippen LogP contribution in [0.3, 0.4) is 0 Å². The lowest BCUT2D eigenvalue weighted by atomic mass is 9.59. The number of benzene rings is 2. The third-order valence-corrected chi connectivity index (χ3v) is 10.1. The van der Waals surface area contributed by atoms with Crippen LogP contribution in [-0.4, -0.2) is 31.7 Å². The van der Waals surface area contributed by atoms with Gasteiger partial charge in [-0.3, -0.25) is 4.79 Å². The predicted octanol–water partition coefficient (Wildman–Crippen LogP) is 5.99. The van der Waals surface area contributed by atoms with Crippen molar-refractivity contribution < 1.29 is 13.2 Å². The fourth-order valence-electron chi connectivity index (χ4n) is 5.08. The fraction of sp³-hybridized carbons (Fsp3) is 0.500. The lowest BCUT2D eigenvalue weighted by Gasteiger charge is -2.51. The molecular weight excluding hydrogens is 500 g/mol. The summed E-state index contributed by atoms with van der Waals surface area (Å²) in [5.41, 5.74) is 1.23. The molecule has 180 valence electrons. The van der Waals surface area contributed by atoms with Gasteiger partial charge >= 0.3 is 0 Å². The van der Waals surface area contributed by atoms with E-state index in [0.29, 0.717) is 10.0 Å². The first-order valence-corrected chi connectivity index (χ1v) is 13.7. The van der Waals surface area contributed by atoms with E-state index in [1.54, 1.807) is 19.2 Å². The lowest BCUT2D eigenvalue weighted by Crippen LogP contribution is -2.56. The van der Waals surface area contributed by atoms with E-state index in [9.17, 15) is 13.2 Å². The molecule has 2 unspecified atom stereocenters. The van der Waals surface area contributed by atoms with Gasteiger partial charge in [-0.1, -0.05) is 64.4 Å². The summed E-state index contributed by atoms with van der Waals surface area (Å²) in [6.07, 6.45) is 4.25. The van der Waals surface area contributed by atoms with Crippen molar-refractivity contribution in [2.24, 2.45) is 10.8 Å². The van der Waals surface area contributed by atoms with E-state index in [2.05, 4.69) is 48.9 Å². The zero-order valence-corrected chi connectivity index (χ0v) is 22.6. The van der Waals surface area contributed by atoms with Crippen molar-refractivity contribution in [2.45, 2.75) is 70.9 Å². The van der Waals surface area contributed by atoms with E-state index in [1.165, 1.54) is 10.4 Å². The monoisotopic (exact) mass is 534 g/mol. The van der Waals surface area contributed by atoms with Crippen LogP contribution in [0.2, 0.25) is 0 Å². The molecule has 1 saturated carbocycles. The van der Waals surface area contributed by atoms with Gasteiger partial charge in [0.1, 0.15) is 0 Å². The first-order chi connectivity index (χ1) is 15.4. The van der Waals surface area contributed by atoms with E-state index in [1.807, 2.05) is 30.3 Å². The molecule has 0 radical (unpaired) electrons. The van der Waals surface area contributed by atoms with E-state index >= 15 is 0 Å². The smallest absolute Gasteiger partial charge is 0.251 e. The van der Waals surface area contributed by atoms with Gasteiger partial charge in [0.05, 0.1) is 4.90 Å². The molecule has 0 aromatic heterocycles. The molecular formula is C26H35BrN2O3S. The van der Waals surface area contributed by atoms with Crippen molar-refractivity contribution in [2.75, 3.05) is 7.05 Å². The summed E-state index contributed by atoms with van der Waals surface area (Å²) in [6, 6.07) is 14.3. The molecule has 5 nitrogen and oxygen atoms in total. The second-order valence-electron chi connectivity index (χ2n) is 10.1. The van der Waals surface area contributed by atoms with E-state index in [0.717, 1.165) is 31.2 Å². The third-order valence-electron chi connectivity index (χ3n) is 7.26. The molecule has 33 heavy (non-hydrogen) atoms. The molecule has 1 aliphatic carbocycles. The lowest BCUT2D eigenvalue weighted by molar-refractivity contribution is 0.0305. The van der Waals surface area contributed by atoms with Crippen LogP contribution in [0.25, 0.3) is 0 Å². The second kappa shape index (κ2) is 9.88. The van der Waals surface area contributed by atoms with Crippen LogP contribution in [0.4, 0.5) is 0 Å². The first-order valence-electron chi connectivity index (χ1n) is 11.5. The highest BCUT2D eigenvalue weighted by atomic mass is 79.9. The standard InChI is InChI=1S/C26H35BrN2O3S/c1-6-26(4)16-10-15-25(2,3)24(26)28-23(30)20-13-14-21(27)22(17-20)33(31,32)29(5)18-19-11-8-7-9-12-19/h7-9,11-14,17,24H,6,10,15-16,18H2,1-5H3,(H,28,30). The van der Waals surface area contributed by atoms with Gasteiger partial charge in [0.2, 0.25) is 10.0 Å². The Morgan fingerprint density at radius 3 is 2.42 bits per heavy atom. The average Bonchev–Trinajstić information content (AvgIpc) is 2.77. The summed E-state index contributed by atoms with van der Waals surface area (Å²) in [4.78, 5) is 13.4. The van der Waals surface area contributed by atoms with Crippen LogP contribution in [0.15, 0.2) is 57.9 Å². The van der Waals surface area contributed by atoms with Crippen molar-refractivity contribution >= 4 is 31.9 Å². The van der Waals surface area contributed by atoms with E-state index < -0.39 is 10.0 Å². The van der Waals surface area contributed by atoms with Crippen LogP contribution in [-0.2, 0) is 16.6 Å². The molecule has 2 atom stereocenters. The van der Waals surface area contributed by atoms with Gasteiger partial charge in [-0.2, -0.15) is 4.31 Å². The van der Waals surface area contributed by atoms with E-state index in [4.69, 9.17) is 0 Å². The number of hydrogen-bond acceptors (Lipinski definition) is 3. The highest BCUT2D eigenvalue weighted by Crippen LogP contribution is 2.48. The number of carbonyl (C=O) groups is 1. The number of halogens is 1. The van der Waals surface area contributed by atoms with Crippen LogP contribution >= 0.6 is 15.9 Å². The summed E-state index contributed by atoms with van der Waals surface area (Å²) >= 11 is 3.38. The maximum absolute atomic E-state index is 13.3. The number of amides is 1. The molecule has 7 heteroatoms. The van der Waals surface area contributed by atoms with Crippen molar-refractivity contribution in [1.82, 2.24) is 9.62 Å². The first kappa shape index (κ1) is 25.9. The molecule has 1 amide bonds. The van der Waals surface area contributed by atoms with Crippen molar-refractivity contribution in [1.29, 1.82) is 0 Å². The number of sulfonamides is 1. The Kier molecular flexibility index (Phi) is 7.76. The summed E-state index contributed by atoms with van der Waals surface area (Å²) in [7, 11) is -2.25. The molecule has 1 aliphatic rings. The Balaban J connectivity index is 1.88. The predicted molar refractivity (Wildman–Crippen MR) is 137 cm³/mol. The molecule has 0 spiro atoms. The Morgan fingerprint density at radius 1 is 1.12 bits per heavy atom. The molecule has 0 heterocycles. The molecule has 1 N–H and O–H groups in total. The Labute approximate surface area is 207 Å². The summed E-state index contributed by atoms with van der Waals surface area (Å²) < 4.78 is 28.4. The Bertz CT molecular complexity index is 1100. The largest absolute Gasteiger partial charge is 0.348 e. The molecule has 0 aliphatic heterocycles. The molecule has 2 aromatic rings. The van der Waals surface area contributed by atoms with Gasteiger partial charge < -0.3 is 5.32 Å². The summed E-state index contributed by atoms with van der Waals surface area (Å²) in [5, 5.41) is 3.27. The number of carbonyl (C=O) groups excluding carboxylic acids is 1. The maximum atomic E-state index is 13.3. The van der Waals surface area contributed by atoms with Crippen molar-refractivity contribution in [3.8, 4) is 0 Å². The minimum Gasteiger partial charge on any atom is -0.348 e. The molecule has 0 bridgehead atoms. The zero-order chi connectivity index (χ0) is 24.4. The fourth-order valence-corrected chi connectivity index (χ4v) is 7.19. The topological polar surface area (TPSA) is 66.5 Å². The third kappa shape index (κ3) is 5.52. The number of nitrogens with one attached hydrogen (secondary N) is 1. The van der Waals surface area contributed by atoms with Gasteiger partial charge in [0.25, 0.3) is 5.91 Å². The van der Waals surface area contributed by atoms with Gasteiger partial charge in [-0.05, 0) is 69.8 Å². The minimum absolute atomic E-state index is 0.0115. The van der Waals surface area contributed by atoms with Gasteiger partial charge in [-0.15, -0.1) is 0 Å². The van der Waals surface area contributed by atoms with Crippen LogP contribution in [0, 0.1) is 10.8 Å². The number of hydrogen-bond donors (Lipinski definition) is 1. The molecule has 3 rings (SSSR count). The van der Waals surface area contributed by atoms with Gasteiger partial charge in [0, 0.05) is 29.7 Å². The quantitative estimate of drug-likeness (QED) is 0.473. The average molecular weight is 536 g/mol.